The van der Waals surface area contributed by atoms with E-state index in [1.165, 1.54) is 6.07 Å². The van der Waals surface area contributed by atoms with Crippen molar-refractivity contribution in [3.8, 4) is 5.75 Å². The van der Waals surface area contributed by atoms with Crippen molar-refractivity contribution < 1.29 is 24.2 Å². The Hall–Kier alpha value is -3.26. The first-order chi connectivity index (χ1) is 14.0. The smallest absolute Gasteiger partial charge is 0.348 e. The molecule has 0 spiro atoms. The molecule has 0 radical (unpaired) electrons. The topological polar surface area (TPSA) is 97.5 Å². The number of ether oxygens (including phenoxy) is 2. The summed E-state index contributed by atoms with van der Waals surface area (Å²) in [5.41, 5.74) is 0.882. The highest BCUT2D eigenvalue weighted by molar-refractivity contribution is 7.18. The quantitative estimate of drug-likeness (QED) is 0.415. The minimum absolute atomic E-state index is 0.0379. The second kappa shape index (κ2) is 8.83. The molecule has 3 rings (SSSR count). The predicted octanol–water partition coefficient (Wildman–Crippen LogP) is 5.68. The minimum atomic E-state index is -0.590. The number of hydrogen-bond donors (Lipinski definition) is 1. The van der Waals surface area contributed by atoms with Gasteiger partial charge in [0.15, 0.2) is 5.00 Å². The van der Waals surface area contributed by atoms with Gasteiger partial charge in [0.2, 0.25) is 0 Å². The first kappa shape index (κ1) is 20.5. The first-order valence-electron chi connectivity index (χ1n) is 9.08. The van der Waals surface area contributed by atoms with E-state index in [9.17, 15) is 14.7 Å². The molecule has 0 amide bonds. The predicted molar refractivity (Wildman–Crippen MR) is 111 cm³/mol. The second-order valence-corrected chi connectivity index (χ2v) is 7.03. The number of hydrogen-bond acceptors (Lipinski definition) is 8. The molecule has 1 N–H and O–H groups in total. The lowest BCUT2D eigenvalue weighted by Crippen LogP contribution is -2.08. The van der Waals surface area contributed by atoms with E-state index in [-0.39, 0.29) is 40.1 Å². The molecular weight excluding hydrogens is 392 g/mol. The molecule has 7 nitrogen and oxygen atoms in total. The third-order valence-corrected chi connectivity index (χ3v) is 5.34. The third kappa shape index (κ3) is 4.12. The third-order valence-electron chi connectivity index (χ3n) is 4.19. The summed E-state index contributed by atoms with van der Waals surface area (Å²) in [5.74, 6) is -1.16. The summed E-state index contributed by atoms with van der Waals surface area (Å²) in [4.78, 5) is 25.0. The number of thiophene rings is 1. The van der Waals surface area contributed by atoms with Gasteiger partial charge < -0.3 is 14.6 Å². The van der Waals surface area contributed by atoms with E-state index in [2.05, 4.69) is 10.2 Å². The van der Waals surface area contributed by atoms with Crippen molar-refractivity contribution in [1.29, 1.82) is 0 Å². The van der Waals surface area contributed by atoms with Crippen LogP contribution in [0.15, 0.2) is 46.6 Å². The molecular formula is C21H20N2O5S. The standard InChI is InChI=1S/C21H20N2O5S/c1-4-27-20(25)16-12(3)18(21(26)28-5-2)29-19(16)23-22-17-14-9-7-6-8-13(14)10-11-15(17)24/h6-11,24H,4-5H2,1-3H3. The number of esters is 2. The Balaban J connectivity index is 2.11. The number of nitrogens with zero attached hydrogens (tertiary/aromatic N) is 2. The zero-order chi connectivity index (χ0) is 21.0. The monoisotopic (exact) mass is 412 g/mol. The van der Waals surface area contributed by atoms with Crippen LogP contribution >= 0.6 is 11.3 Å². The van der Waals surface area contributed by atoms with Crippen molar-refractivity contribution in [1.82, 2.24) is 0 Å². The molecule has 0 bridgehead atoms. The van der Waals surface area contributed by atoms with Gasteiger partial charge in [0.1, 0.15) is 21.9 Å². The van der Waals surface area contributed by atoms with E-state index in [4.69, 9.17) is 9.47 Å². The normalized spacial score (nSPS) is 11.1. The summed E-state index contributed by atoms with van der Waals surface area (Å²) in [6, 6.07) is 10.7. The van der Waals surface area contributed by atoms with Gasteiger partial charge in [-0.1, -0.05) is 30.3 Å². The Kier molecular flexibility index (Phi) is 6.23. The lowest BCUT2D eigenvalue weighted by molar-refractivity contribution is 0.0527. The zero-order valence-electron chi connectivity index (χ0n) is 16.3. The van der Waals surface area contributed by atoms with Gasteiger partial charge in [-0.25, -0.2) is 9.59 Å². The fourth-order valence-corrected chi connectivity index (χ4v) is 3.86. The second-order valence-electron chi connectivity index (χ2n) is 6.03. The number of carbonyl (C=O) groups excluding carboxylic acids is 2. The van der Waals surface area contributed by atoms with Gasteiger partial charge in [0.25, 0.3) is 0 Å². The Morgan fingerprint density at radius 1 is 1.00 bits per heavy atom. The van der Waals surface area contributed by atoms with Crippen molar-refractivity contribution in [2.45, 2.75) is 20.8 Å². The molecule has 1 aromatic heterocycles. The molecule has 0 fully saturated rings. The molecule has 0 saturated carbocycles. The highest BCUT2D eigenvalue weighted by Crippen LogP contribution is 2.40. The summed E-state index contributed by atoms with van der Waals surface area (Å²) >= 11 is 1.00. The molecule has 1 heterocycles. The fraction of sp³-hybridized carbons (Fsp3) is 0.238. The summed E-state index contributed by atoms with van der Waals surface area (Å²) in [6.45, 7) is 5.44. The Bertz CT molecular complexity index is 1100. The van der Waals surface area contributed by atoms with Crippen LogP contribution in [0.4, 0.5) is 10.7 Å². The van der Waals surface area contributed by atoms with Crippen LogP contribution in [0.25, 0.3) is 10.8 Å². The van der Waals surface area contributed by atoms with Crippen LogP contribution in [-0.4, -0.2) is 30.3 Å². The van der Waals surface area contributed by atoms with E-state index in [0.717, 1.165) is 16.7 Å². The number of azo groups is 1. The van der Waals surface area contributed by atoms with Gasteiger partial charge in [0.05, 0.1) is 13.2 Å². The Morgan fingerprint density at radius 2 is 1.69 bits per heavy atom. The van der Waals surface area contributed by atoms with E-state index in [1.54, 1.807) is 26.8 Å². The molecule has 8 heteroatoms. The molecule has 3 aromatic rings. The highest BCUT2D eigenvalue weighted by Gasteiger charge is 2.26. The van der Waals surface area contributed by atoms with Crippen molar-refractivity contribution in [2.24, 2.45) is 10.2 Å². The number of benzene rings is 2. The lowest BCUT2D eigenvalue weighted by Gasteiger charge is -2.04. The molecule has 0 atom stereocenters. The molecule has 29 heavy (non-hydrogen) atoms. The summed E-state index contributed by atoms with van der Waals surface area (Å²) in [5, 5.41) is 20.5. The van der Waals surface area contributed by atoms with Gasteiger partial charge in [-0.3, -0.25) is 0 Å². The van der Waals surface area contributed by atoms with Crippen LogP contribution in [-0.2, 0) is 9.47 Å². The van der Waals surface area contributed by atoms with Crippen LogP contribution in [0.2, 0.25) is 0 Å². The minimum Gasteiger partial charge on any atom is -0.506 e. The van der Waals surface area contributed by atoms with Crippen molar-refractivity contribution in [3.05, 3.63) is 52.4 Å². The maximum atomic E-state index is 12.5. The average Bonchev–Trinajstić information content (AvgIpc) is 3.04. The lowest BCUT2D eigenvalue weighted by atomic mass is 10.1. The van der Waals surface area contributed by atoms with E-state index < -0.39 is 11.9 Å². The molecule has 0 aliphatic rings. The Labute approximate surface area is 171 Å². The molecule has 0 unspecified atom stereocenters. The van der Waals surface area contributed by atoms with Gasteiger partial charge in [-0.15, -0.1) is 21.6 Å². The number of phenols is 1. The van der Waals surface area contributed by atoms with Gasteiger partial charge in [0, 0.05) is 5.39 Å². The number of aromatic hydroxyl groups is 1. The van der Waals surface area contributed by atoms with Crippen molar-refractivity contribution in [3.63, 3.8) is 0 Å². The highest BCUT2D eigenvalue weighted by atomic mass is 32.1. The summed E-state index contributed by atoms with van der Waals surface area (Å²) < 4.78 is 10.2. The SMILES string of the molecule is CCOC(=O)c1sc(N=Nc2c(O)ccc3ccccc23)c(C(=O)OCC)c1C. The van der Waals surface area contributed by atoms with E-state index in [0.29, 0.717) is 10.9 Å². The van der Waals surface area contributed by atoms with Gasteiger partial charge >= 0.3 is 11.9 Å². The van der Waals surface area contributed by atoms with Gasteiger partial charge in [-0.2, -0.15) is 0 Å². The molecule has 0 aliphatic carbocycles. The molecule has 0 aliphatic heterocycles. The van der Waals surface area contributed by atoms with Crippen LogP contribution in [0.3, 0.4) is 0 Å². The van der Waals surface area contributed by atoms with Crippen LogP contribution in [0.5, 0.6) is 5.75 Å². The summed E-state index contributed by atoms with van der Waals surface area (Å²) in [6.07, 6.45) is 0. The summed E-state index contributed by atoms with van der Waals surface area (Å²) in [7, 11) is 0. The van der Waals surface area contributed by atoms with Crippen molar-refractivity contribution >= 4 is 44.7 Å². The zero-order valence-corrected chi connectivity index (χ0v) is 17.1. The van der Waals surface area contributed by atoms with E-state index in [1.807, 2.05) is 24.3 Å². The van der Waals surface area contributed by atoms with Crippen LogP contribution in [0.1, 0.15) is 39.4 Å². The Morgan fingerprint density at radius 3 is 2.41 bits per heavy atom. The van der Waals surface area contributed by atoms with Crippen LogP contribution in [0, 0.1) is 6.92 Å². The van der Waals surface area contributed by atoms with E-state index >= 15 is 0 Å². The molecule has 2 aromatic carbocycles. The fourth-order valence-electron chi connectivity index (χ4n) is 2.85. The maximum Gasteiger partial charge on any atom is 0.348 e. The maximum absolute atomic E-state index is 12.5. The number of fused-ring (bicyclic) bond motifs is 1. The number of rotatable bonds is 6. The molecule has 0 saturated heterocycles. The van der Waals surface area contributed by atoms with Crippen LogP contribution < -0.4 is 0 Å². The van der Waals surface area contributed by atoms with Gasteiger partial charge in [-0.05, 0) is 37.8 Å². The average molecular weight is 412 g/mol. The largest absolute Gasteiger partial charge is 0.506 e. The first-order valence-corrected chi connectivity index (χ1v) is 9.89. The number of phenolic OH excluding ortho intramolecular Hbond substituents is 1. The molecule has 150 valence electrons. The van der Waals surface area contributed by atoms with Crippen molar-refractivity contribution in [2.75, 3.05) is 13.2 Å². The number of carbonyl (C=O) groups is 2.